The zero-order chi connectivity index (χ0) is 19.1. The number of rotatable bonds is 2. The Labute approximate surface area is 156 Å². The van der Waals surface area contributed by atoms with E-state index in [0.29, 0.717) is 30.4 Å². The number of allylic oxidation sites excluding steroid dienone is 1. The number of hydrogen-bond donors (Lipinski definition) is 0. The summed E-state index contributed by atoms with van der Waals surface area (Å²) in [6, 6.07) is 0. The molecule has 0 bridgehead atoms. The monoisotopic (exact) mass is 370 g/mol. The van der Waals surface area contributed by atoms with E-state index in [2.05, 4.69) is 0 Å². The second-order valence-electron chi connectivity index (χ2n) is 8.60. The minimum atomic E-state index is -0.687. The van der Waals surface area contributed by atoms with Crippen LogP contribution in [-0.4, -0.2) is 37.4 Å². The van der Waals surface area contributed by atoms with Crippen LogP contribution < -0.4 is 0 Å². The third-order valence-corrected chi connectivity index (χ3v) is 7.47. The summed E-state index contributed by atoms with van der Waals surface area (Å²) in [7, 11) is 1.57. The highest BCUT2D eigenvalue weighted by molar-refractivity contribution is 6.07. The number of hydrogen-bond acceptors (Lipinski definition) is 6. The fourth-order valence-corrected chi connectivity index (χ4v) is 5.92. The van der Waals surface area contributed by atoms with E-state index in [4.69, 9.17) is 13.9 Å². The summed E-state index contributed by atoms with van der Waals surface area (Å²) >= 11 is 0. The molecule has 4 aliphatic rings. The summed E-state index contributed by atoms with van der Waals surface area (Å²) in [5.74, 6) is -0.578. The highest BCUT2D eigenvalue weighted by Crippen LogP contribution is 2.61. The molecule has 0 aromatic carbocycles. The van der Waals surface area contributed by atoms with Crippen molar-refractivity contribution >= 4 is 17.5 Å². The van der Waals surface area contributed by atoms with Crippen molar-refractivity contribution in [3.8, 4) is 0 Å². The fraction of sp³-hybridized carbons (Fsp3) is 0.571. The number of Topliss-reactive ketones (excluding diaryl/α,β-unsaturated/α-hetero) is 2. The van der Waals surface area contributed by atoms with Crippen molar-refractivity contribution < 1.29 is 28.3 Å². The molecule has 1 aromatic rings. The van der Waals surface area contributed by atoms with Crippen molar-refractivity contribution in [2.75, 3.05) is 13.7 Å². The van der Waals surface area contributed by atoms with Gasteiger partial charge in [0.1, 0.15) is 23.7 Å². The Kier molecular flexibility index (Phi) is 3.25. The molecule has 1 aliphatic heterocycles. The van der Waals surface area contributed by atoms with Crippen molar-refractivity contribution in [1.82, 2.24) is 0 Å². The van der Waals surface area contributed by atoms with Crippen LogP contribution in [0.1, 0.15) is 59.6 Å². The maximum atomic E-state index is 13.4. The molecule has 3 unspecified atom stereocenters. The molecule has 5 rings (SSSR count). The van der Waals surface area contributed by atoms with E-state index in [0.717, 1.165) is 5.57 Å². The summed E-state index contributed by atoms with van der Waals surface area (Å²) < 4.78 is 16.7. The molecule has 2 heterocycles. The van der Waals surface area contributed by atoms with Crippen LogP contribution in [0.4, 0.5) is 0 Å². The molecule has 142 valence electrons. The van der Waals surface area contributed by atoms with Gasteiger partial charge in [-0.1, -0.05) is 13.0 Å². The molecule has 3 aliphatic carbocycles. The van der Waals surface area contributed by atoms with Crippen LogP contribution in [0.25, 0.3) is 0 Å². The number of esters is 1. The molecule has 0 saturated heterocycles. The zero-order valence-corrected chi connectivity index (χ0v) is 15.7. The van der Waals surface area contributed by atoms with Gasteiger partial charge in [0.25, 0.3) is 0 Å². The van der Waals surface area contributed by atoms with Crippen LogP contribution in [-0.2, 0) is 19.7 Å². The van der Waals surface area contributed by atoms with Crippen molar-refractivity contribution in [3.63, 3.8) is 0 Å². The lowest BCUT2D eigenvalue weighted by Gasteiger charge is -2.51. The molecular formula is C21H22O6. The zero-order valence-electron chi connectivity index (χ0n) is 15.7. The van der Waals surface area contributed by atoms with Gasteiger partial charge in [-0.2, -0.15) is 0 Å². The molecular weight excluding hydrogens is 348 g/mol. The Balaban J connectivity index is 1.76. The van der Waals surface area contributed by atoms with Crippen LogP contribution in [0.2, 0.25) is 0 Å². The highest BCUT2D eigenvalue weighted by atomic mass is 16.6. The number of cyclic esters (lactones) is 1. The maximum Gasteiger partial charge on any atom is 0.342 e. The van der Waals surface area contributed by atoms with Crippen LogP contribution in [0.5, 0.6) is 0 Å². The standard InChI is InChI=1S/C21H22O6/c1-20-7-6-12-15(11(20)4-5-13(20)22)17(23)18-16-10(8-26-18)19(24)27-14(9-25-3)21(12,16)2/h6,8,11,14-15H,4-5,7,9H2,1-3H3/t11-,14+,15?,20?,21?/m0/s1. The summed E-state index contributed by atoms with van der Waals surface area (Å²) in [4.78, 5) is 38.4. The molecule has 0 radical (unpaired) electrons. The molecule has 1 saturated carbocycles. The Morgan fingerprint density at radius 1 is 1.26 bits per heavy atom. The molecule has 0 spiro atoms. The van der Waals surface area contributed by atoms with Gasteiger partial charge in [-0.25, -0.2) is 4.79 Å². The van der Waals surface area contributed by atoms with Gasteiger partial charge >= 0.3 is 5.97 Å². The Morgan fingerprint density at radius 2 is 2.04 bits per heavy atom. The fourth-order valence-electron chi connectivity index (χ4n) is 5.92. The minimum Gasteiger partial charge on any atom is -0.460 e. The van der Waals surface area contributed by atoms with Crippen molar-refractivity contribution in [1.29, 1.82) is 0 Å². The number of methoxy groups -OCH3 is 1. The smallest absolute Gasteiger partial charge is 0.342 e. The molecule has 0 N–H and O–H groups in total. The number of furan rings is 1. The van der Waals surface area contributed by atoms with E-state index in [-0.39, 0.29) is 29.9 Å². The first-order chi connectivity index (χ1) is 12.8. The minimum absolute atomic E-state index is 0.0446. The molecule has 1 aromatic heterocycles. The van der Waals surface area contributed by atoms with Crippen LogP contribution >= 0.6 is 0 Å². The van der Waals surface area contributed by atoms with Gasteiger partial charge in [-0.15, -0.1) is 0 Å². The van der Waals surface area contributed by atoms with Gasteiger partial charge < -0.3 is 13.9 Å². The normalized spacial score (nSPS) is 39.4. The number of ether oxygens (including phenoxy) is 2. The largest absolute Gasteiger partial charge is 0.460 e. The second-order valence-corrected chi connectivity index (χ2v) is 8.60. The summed E-state index contributed by atoms with van der Waals surface area (Å²) in [5.41, 5.74) is 0.710. The van der Waals surface area contributed by atoms with Gasteiger partial charge in [-0.05, 0) is 31.3 Å². The lowest BCUT2D eigenvalue weighted by Crippen LogP contribution is -2.56. The van der Waals surface area contributed by atoms with Gasteiger partial charge in [0.2, 0.25) is 5.78 Å². The molecule has 27 heavy (non-hydrogen) atoms. The van der Waals surface area contributed by atoms with Crippen LogP contribution in [0, 0.1) is 17.3 Å². The number of ketones is 2. The predicted octanol–water partition coefficient (Wildman–Crippen LogP) is 2.85. The molecule has 1 fully saturated rings. The van der Waals surface area contributed by atoms with Crippen molar-refractivity contribution in [2.45, 2.75) is 44.6 Å². The van der Waals surface area contributed by atoms with Gasteiger partial charge in [0.15, 0.2) is 5.76 Å². The summed E-state index contributed by atoms with van der Waals surface area (Å²) in [6.45, 7) is 4.21. The van der Waals surface area contributed by atoms with Crippen molar-refractivity contribution in [2.24, 2.45) is 17.3 Å². The number of fused-ring (bicyclic) bond motifs is 4. The molecule has 6 nitrogen and oxygen atoms in total. The Morgan fingerprint density at radius 3 is 2.78 bits per heavy atom. The van der Waals surface area contributed by atoms with E-state index >= 15 is 0 Å². The van der Waals surface area contributed by atoms with E-state index in [1.165, 1.54) is 6.26 Å². The van der Waals surface area contributed by atoms with Crippen LogP contribution in [0.3, 0.4) is 0 Å². The molecule has 5 atom stereocenters. The first-order valence-corrected chi connectivity index (χ1v) is 9.44. The van der Waals surface area contributed by atoms with E-state index in [1.54, 1.807) is 7.11 Å². The SMILES string of the molecule is COC[C@H]1OC(=O)c2coc3c2C1(C)C1=CCC2(C)C(=O)CC[C@H]2C1C3=O. The average Bonchev–Trinajstić information content (AvgIpc) is 3.21. The Bertz CT molecular complexity index is 923. The van der Waals surface area contributed by atoms with Crippen molar-refractivity contribution in [3.05, 3.63) is 34.8 Å². The van der Waals surface area contributed by atoms with Gasteiger partial charge in [0, 0.05) is 24.5 Å². The summed E-state index contributed by atoms with van der Waals surface area (Å²) in [5, 5.41) is 0. The summed E-state index contributed by atoms with van der Waals surface area (Å²) in [6.07, 6.45) is 4.67. The van der Waals surface area contributed by atoms with Gasteiger partial charge in [0.05, 0.1) is 17.9 Å². The maximum absolute atomic E-state index is 13.4. The number of carbonyl (C=O) groups excluding carboxylic acids is 3. The molecule has 0 amide bonds. The Hall–Kier alpha value is -2.21. The average molecular weight is 370 g/mol. The lowest BCUT2D eigenvalue weighted by atomic mass is 9.52. The first kappa shape index (κ1) is 16.9. The first-order valence-electron chi connectivity index (χ1n) is 9.44. The predicted molar refractivity (Wildman–Crippen MR) is 93.5 cm³/mol. The second kappa shape index (κ2) is 5.19. The van der Waals surface area contributed by atoms with Crippen LogP contribution in [0.15, 0.2) is 22.3 Å². The lowest BCUT2D eigenvalue weighted by molar-refractivity contribution is -0.126. The van der Waals surface area contributed by atoms with E-state index in [1.807, 2.05) is 19.9 Å². The van der Waals surface area contributed by atoms with E-state index in [9.17, 15) is 14.4 Å². The quantitative estimate of drug-likeness (QED) is 0.588. The molecule has 6 heteroatoms. The third-order valence-electron chi connectivity index (χ3n) is 7.47. The number of carbonyl (C=O) groups is 3. The third kappa shape index (κ3) is 1.82. The topological polar surface area (TPSA) is 82.8 Å². The highest BCUT2D eigenvalue weighted by Gasteiger charge is 2.63. The van der Waals surface area contributed by atoms with E-state index < -0.39 is 28.8 Å². The van der Waals surface area contributed by atoms with Gasteiger partial charge in [-0.3, -0.25) is 9.59 Å².